The maximum absolute atomic E-state index is 11.6. The van der Waals surface area contributed by atoms with E-state index in [2.05, 4.69) is 0 Å². The van der Waals surface area contributed by atoms with Crippen molar-refractivity contribution in [2.45, 2.75) is 25.8 Å². The number of hydrogen-bond acceptors (Lipinski definition) is 3. The smallest absolute Gasteiger partial charge is 0.338 e. The van der Waals surface area contributed by atoms with E-state index in [1.807, 2.05) is 12.1 Å². The number of hydrogen-bond donors (Lipinski definition) is 1. The van der Waals surface area contributed by atoms with Crippen molar-refractivity contribution in [1.82, 2.24) is 0 Å². The molecule has 1 aromatic carbocycles. The Morgan fingerprint density at radius 2 is 2.00 bits per heavy atom. The topological polar surface area (TPSA) is 52.3 Å². The Bertz CT molecular complexity index is 355. The Labute approximate surface area is 95.6 Å². The monoisotopic (exact) mass is 219 g/mol. The molecule has 0 aliphatic heterocycles. The molecule has 86 valence electrons. The summed E-state index contributed by atoms with van der Waals surface area (Å²) in [4.78, 5) is 11.6. The van der Waals surface area contributed by atoms with Gasteiger partial charge in [-0.2, -0.15) is 0 Å². The number of ether oxygens (including phenoxy) is 1. The van der Waals surface area contributed by atoms with Crippen LogP contribution in [0.15, 0.2) is 24.3 Å². The molecule has 0 aromatic heterocycles. The molecule has 3 nitrogen and oxygen atoms in total. The summed E-state index contributed by atoms with van der Waals surface area (Å²) in [6, 6.07) is 7.25. The van der Waals surface area contributed by atoms with Crippen LogP contribution in [0, 0.1) is 5.92 Å². The minimum Gasteiger partial charge on any atom is -0.462 e. The molecule has 0 spiro atoms. The van der Waals surface area contributed by atoms with Crippen molar-refractivity contribution in [3.63, 3.8) is 0 Å². The Balaban J connectivity index is 1.81. The molecular formula is C13H17NO2. The molecule has 3 heteroatoms. The maximum Gasteiger partial charge on any atom is 0.338 e. The molecule has 1 saturated carbocycles. The third-order valence-electron chi connectivity index (χ3n) is 2.88. The van der Waals surface area contributed by atoms with Gasteiger partial charge >= 0.3 is 5.97 Å². The number of esters is 1. The minimum atomic E-state index is -0.232. The van der Waals surface area contributed by atoms with Crippen LogP contribution in [0.4, 0.5) is 0 Å². The lowest BCUT2D eigenvalue weighted by molar-refractivity contribution is 0.0495. The average molecular weight is 219 g/mol. The van der Waals surface area contributed by atoms with Crippen molar-refractivity contribution < 1.29 is 9.53 Å². The highest BCUT2D eigenvalue weighted by molar-refractivity contribution is 5.89. The minimum absolute atomic E-state index is 0.232. The van der Waals surface area contributed by atoms with Crippen molar-refractivity contribution in [1.29, 1.82) is 0 Å². The highest BCUT2D eigenvalue weighted by atomic mass is 16.5. The van der Waals surface area contributed by atoms with Gasteiger partial charge in [0.15, 0.2) is 0 Å². The zero-order valence-electron chi connectivity index (χ0n) is 9.32. The largest absolute Gasteiger partial charge is 0.462 e. The number of rotatable bonds is 5. The van der Waals surface area contributed by atoms with Crippen LogP contribution in [0.25, 0.3) is 0 Å². The van der Waals surface area contributed by atoms with Crippen molar-refractivity contribution in [2.24, 2.45) is 11.7 Å². The maximum atomic E-state index is 11.6. The first-order valence-electron chi connectivity index (χ1n) is 5.75. The number of carbonyl (C=O) groups excluding carboxylic acids is 1. The van der Waals surface area contributed by atoms with Gasteiger partial charge in [0.25, 0.3) is 0 Å². The van der Waals surface area contributed by atoms with Crippen LogP contribution in [0.5, 0.6) is 0 Å². The Morgan fingerprint density at radius 1 is 1.31 bits per heavy atom. The van der Waals surface area contributed by atoms with E-state index in [0.717, 1.165) is 17.9 Å². The van der Waals surface area contributed by atoms with E-state index >= 15 is 0 Å². The number of benzene rings is 1. The van der Waals surface area contributed by atoms with Gasteiger partial charge in [-0.1, -0.05) is 25.0 Å². The van der Waals surface area contributed by atoms with E-state index in [1.54, 1.807) is 12.1 Å². The van der Waals surface area contributed by atoms with Crippen LogP contribution in [-0.2, 0) is 11.3 Å². The quantitative estimate of drug-likeness (QED) is 0.771. The van der Waals surface area contributed by atoms with Crippen LogP contribution in [0.3, 0.4) is 0 Å². The molecule has 1 fully saturated rings. The third-order valence-corrected chi connectivity index (χ3v) is 2.88. The molecule has 16 heavy (non-hydrogen) atoms. The normalized spacial score (nSPS) is 14.8. The van der Waals surface area contributed by atoms with Crippen molar-refractivity contribution in [3.05, 3.63) is 35.4 Å². The summed E-state index contributed by atoms with van der Waals surface area (Å²) in [7, 11) is 0. The molecule has 0 amide bonds. The zero-order chi connectivity index (χ0) is 11.4. The first kappa shape index (κ1) is 11.1. The lowest BCUT2D eigenvalue weighted by Gasteiger charge is -2.04. The molecule has 1 aliphatic rings. The number of carbonyl (C=O) groups is 1. The van der Waals surface area contributed by atoms with Crippen molar-refractivity contribution >= 4 is 5.97 Å². The fourth-order valence-corrected chi connectivity index (χ4v) is 1.59. The van der Waals surface area contributed by atoms with E-state index in [-0.39, 0.29) is 5.97 Å². The summed E-state index contributed by atoms with van der Waals surface area (Å²) in [5.74, 6) is 0.566. The first-order valence-corrected chi connectivity index (χ1v) is 5.75. The highest BCUT2D eigenvalue weighted by Gasteiger charge is 2.21. The predicted octanol–water partition coefficient (Wildman–Crippen LogP) is 2.10. The molecule has 0 radical (unpaired) electrons. The highest BCUT2D eigenvalue weighted by Crippen LogP contribution is 2.32. The van der Waals surface area contributed by atoms with Crippen molar-refractivity contribution in [3.8, 4) is 0 Å². The van der Waals surface area contributed by atoms with Gasteiger partial charge in [-0.05, 0) is 30.0 Å². The Kier molecular flexibility index (Phi) is 3.57. The van der Waals surface area contributed by atoms with Gasteiger partial charge < -0.3 is 10.5 Å². The van der Waals surface area contributed by atoms with Gasteiger partial charge in [0, 0.05) is 6.54 Å². The fourth-order valence-electron chi connectivity index (χ4n) is 1.59. The summed E-state index contributed by atoms with van der Waals surface area (Å²) >= 11 is 0. The number of nitrogens with two attached hydrogens (primary N) is 1. The van der Waals surface area contributed by atoms with E-state index in [1.165, 1.54) is 12.8 Å². The lowest BCUT2D eigenvalue weighted by Crippen LogP contribution is -2.07. The second-order valence-electron chi connectivity index (χ2n) is 4.27. The van der Waals surface area contributed by atoms with Gasteiger partial charge in [-0.3, -0.25) is 0 Å². The lowest BCUT2D eigenvalue weighted by atomic mass is 10.1. The molecule has 0 atom stereocenters. The molecule has 1 aromatic rings. The summed E-state index contributed by atoms with van der Waals surface area (Å²) < 4.78 is 5.18. The second kappa shape index (κ2) is 5.12. The van der Waals surface area contributed by atoms with Gasteiger partial charge in [0.1, 0.15) is 0 Å². The summed E-state index contributed by atoms with van der Waals surface area (Å²) in [5, 5.41) is 0. The van der Waals surface area contributed by atoms with Crippen LogP contribution in [0.2, 0.25) is 0 Å². The molecule has 0 unspecified atom stereocenters. The van der Waals surface area contributed by atoms with Crippen LogP contribution in [0.1, 0.15) is 35.2 Å². The predicted molar refractivity (Wildman–Crippen MR) is 62.0 cm³/mol. The van der Waals surface area contributed by atoms with E-state index in [4.69, 9.17) is 10.5 Å². The molecular weight excluding hydrogens is 202 g/mol. The Morgan fingerprint density at radius 3 is 2.56 bits per heavy atom. The van der Waals surface area contributed by atoms with E-state index in [0.29, 0.717) is 18.7 Å². The SMILES string of the molecule is NCc1ccc(C(=O)OCCC2CC2)cc1. The molecule has 1 aliphatic carbocycles. The van der Waals surface area contributed by atoms with Gasteiger partial charge in [0.05, 0.1) is 12.2 Å². The van der Waals surface area contributed by atoms with Crippen LogP contribution in [-0.4, -0.2) is 12.6 Å². The summed E-state index contributed by atoms with van der Waals surface area (Å²) in [5.41, 5.74) is 7.11. The second-order valence-corrected chi connectivity index (χ2v) is 4.27. The van der Waals surface area contributed by atoms with Gasteiger partial charge in [-0.15, -0.1) is 0 Å². The Hall–Kier alpha value is -1.35. The first-order chi connectivity index (χ1) is 7.79. The van der Waals surface area contributed by atoms with Crippen LogP contribution >= 0.6 is 0 Å². The molecule has 0 saturated heterocycles. The summed E-state index contributed by atoms with van der Waals surface area (Å²) in [6.45, 7) is 1.04. The van der Waals surface area contributed by atoms with E-state index < -0.39 is 0 Å². The standard InChI is InChI=1S/C13H17NO2/c14-9-11-3-5-12(6-4-11)13(15)16-8-7-10-1-2-10/h3-6,10H,1-2,7-9,14H2. The summed E-state index contributed by atoms with van der Waals surface area (Å²) in [6.07, 6.45) is 3.60. The average Bonchev–Trinajstić information content (AvgIpc) is 3.13. The van der Waals surface area contributed by atoms with Crippen molar-refractivity contribution in [2.75, 3.05) is 6.61 Å². The molecule has 2 N–H and O–H groups in total. The van der Waals surface area contributed by atoms with Crippen LogP contribution < -0.4 is 5.73 Å². The molecule has 0 heterocycles. The zero-order valence-corrected chi connectivity index (χ0v) is 9.32. The third kappa shape index (κ3) is 3.07. The van der Waals surface area contributed by atoms with E-state index in [9.17, 15) is 4.79 Å². The molecule has 0 bridgehead atoms. The van der Waals surface area contributed by atoms with Gasteiger partial charge in [0.2, 0.25) is 0 Å². The fraction of sp³-hybridized carbons (Fsp3) is 0.462. The molecule has 2 rings (SSSR count). The van der Waals surface area contributed by atoms with Gasteiger partial charge in [-0.25, -0.2) is 4.79 Å².